The van der Waals surface area contributed by atoms with Crippen molar-refractivity contribution in [3.63, 3.8) is 0 Å². The second kappa shape index (κ2) is 23.0. The van der Waals surface area contributed by atoms with Crippen molar-refractivity contribution >= 4 is 37.8 Å². The Morgan fingerprint density at radius 3 is 0.902 bits per heavy atom. The van der Waals surface area contributed by atoms with Gasteiger partial charge in [-0.1, -0.05) is 71.1 Å². The zero-order valence-corrected chi connectivity index (χ0v) is 32.4. The summed E-state index contributed by atoms with van der Waals surface area (Å²) < 4.78 is 81.5. The van der Waals surface area contributed by atoms with Gasteiger partial charge in [-0.2, -0.15) is 0 Å². The third-order valence-electron chi connectivity index (χ3n) is 7.47. The van der Waals surface area contributed by atoms with Crippen molar-refractivity contribution in [1.82, 2.24) is 49.9 Å². The summed E-state index contributed by atoms with van der Waals surface area (Å²) in [6.45, 7) is 1.06. The van der Waals surface area contributed by atoms with E-state index in [-0.39, 0.29) is 17.1 Å². The Bertz CT molecular complexity index is 2150. The molecule has 0 fully saturated rings. The average Bonchev–Trinajstić information content (AvgIpc) is 3.93. The minimum absolute atomic E-state index is 0. The van der Waals surface area contributed by atoms with E-state index >= 15 is 0 Å². The molecule has 8 aromatic rings. The first kappa shape index (κ1) is 46.7. The van der Waals surface area contributed by atoms with E-state index < -0.39 is 14.5 Å². The van der Waals surface area contributed by atoms with E-state index in [1.807, 2.05) is 156 Å². The second-order valence-electron chi connectivity index (χ2n) is 11.9. The Kier molecular flexibility index (Phi) is 17.6. The number of pyridine rings is 4. The molecule has 6 heterocycles. The standard InChI is InChI=1S/2C19H16N6.2BF4.Cu/c2*1-2-8-17(9-3-1)25-15-16(22-23-25)14-24(18-10-4-6-12-20-18)19-11-5-7-13-21-19;2*2-1(3,4)5;/h2*1-13,15H,14H2;;;/q;;2*-1;+2. The summed E-state index contributed by atoms with van der Waals surface area (Å²) in [7, 11) is -12.0. The van der Waals surface area contributed by atoms with Crippen LogP contribution in [-0.4, -0.2) is 64.4 Å². The van der Waals surface area contributed by atoms with Gasteiger partial charge < -0.3 is 44.3 Å². The Hall–Kier alpha value is -6.99. The number of aromatic nitrogens is 10. The Labute approximate surface area is 354 Å². The fourth-order valence-corrected chi connectivity index (χ4v) is 5.09. The van der Waals surface area contributed by atoms with Crippen molar-refractivity contribution in [2.75, 3.05) is 9.80 Å². The van der Waals surface area contributed by atoms with Crippen LogP contribution < -0.4 is 9.80 Å². The fourth-order valence-electron chi connectivity index (χ4n) is 5.09. The molecule has 0 unspecified atom stereocenters. The summed E-state index contributed by atoms with van der Waals surface area (Å²) in [4.78, 5) is 21.8. The van der Waals surface area contributed by atoms with Crippen LogP contribution in [0.1, 0.15) is 11.4 Å². The van der Waals surface area contributed by atoms with Gasteiger partial charge in [-0.15, -0.1) is 10.2 Å². The minimum Gasteiger partial charge on any atom is -0.418 e. The van der Waals surface area contributed by atoms with Crippen molar-refractivity contribution < 1.29 is 51.6 Å². The van der Waals surface area contributed by atoms with Crippen LogP contribution in [0.2, 0.25) is 0 Å². The first-order valence-electron chi connectivity index (χ1n) is 17.7. The predicted octanol–water partition coefficient (Wildman–Crippen LogP) is 9.39. The molecule has 0 N–H and O–H groups in total. The maximum Gasteiger partial charge on any atom is 2.00 e. The van der Waals surface area contributed by atoms with Crippen molar-refractivity contribution in [3.05, 3.63) is 182 Å². The van der Waals surface area contributed by atoms with Crippen LogP contribution in [0.15, 0.2) is 171 Å². The first-order chi connectivity index (χ1) is 28.8. The third kappa shape index (κ3) is 16.7. The Morgan fingerprint density at radius 1 is 0.393 bits per heavy atom. The minimum atomic E-state index is -6.00. The fraction of sp³-hybridized carbons (Fsp3) is 0.0526. The normalized spacial score (nSPS) is 10.6. The van der Waals surface area contributed by atoms with E-state index in [4.69, 9.17) is 0 Å². The molecule has 0 aliphatic rings. The summed E-state index contributed by atoms with van der Waals surface area (Å²) in [5.74, 6) is 3.26. The maximum absolute atomic E-state index is 9.75. The quantitative estimate of drug-likeness (QED) is 0.0971. The Morgan fingerprint density at radius 2 is 0.656 bits per heavy atom. The van der Waals surface area contributed by atoms with Gasteiger partial charge >= 0.3 is 31.6 Å². The molecule has 0 saturated carbocycles. The number of halogens is 8. The predicted molar refractivity (Wildman–Crippen MR) is 212 cm³/mol. The van der Waals surface area contributed by atoms with Gasteiger partial charge in [0.15, 0.2) is 0 Å². The molecule has 8 rings (SSSR count). The molecule has 317 valence electrons. The van der Waals surface area contributed by atoms with Crippen molar-refractivity contribution in [1.29, 1.82) is 0 Å². The van der Waals surface area contributed by atoms with Gasteiger partial charge in [0.25, 0.3) is 0 Å². The van der Waals surface area contributed by atoms with E-state index in [0.717, 1.165) is 46.0 Å². The molecule has 2 aromatic carbocycles. The van der Waals surface area contributed by atoms with Crippen LogP contribution in [0.25, 0.3) is 11.4 Å². The molecule has 0 amide bonds. The zero-order valence-electron chi connectivity index (χ0n) is 31.4. The van der Waals surface area contributed by atoms with E-state index in [1.165, 1.54) is 0 Å². The van der Waals surface area contributed by atoms with Gasteiger partial charge in [-0.3, -0.25) is 0 Å². The molecule has 23 heteroatoms. The largest absolute Gasteiger partial charge is 2.00 e. The van der Waals surface area contributed by atoms with Gasteiger partial charge in [0.1, 0.15) is 34.7 Å². The molecule has 0 atom stereocenters. The molecule has 0 aliphatic heterocycles. The monoisotopic (exact) mass is 893 g/mol. The third-order valence-corrected chi connectivity index (χ3v) is 7.47. The van der Waals surface area contributed by atoms with Crippen LogP contribution in [-0.2, 0) is 30.2 Å². The van der Waals surface area contributed by atoms with Crippen LogP contribution in [0, 0.1) is 0 Å². The molecule has 12 nitrogen and oxygen atoms in total. The van der Waals surface area contributed by atoms with Crippen LogP contribution >= 0.6 is 0 Å². The van der Waals surface area contributed by atoms with E-state index in [2.05, 4.69) is 40.6 Å². The number of para-hydroxylation sites is 2. The Balaban J connectivity index is 0.000000217. The molecule has 61 heavy (non-hydrogen) atoms. The van der Waals surface area contributed by atoms with Crippen molar-refractivity contribution in [2.45, 2.75) is 13.1 Å². The smallest absolute Gasteiger partial charge is 0.418 e. The van der Waals surface area contributed by atoms with Gasteiger partial charge in [0, 0.05) is 24.8 Å². The summed E-state index contributed by atoms with van der Waals surface area (Å²) >= 11 is 0. The number of anilines is 4. The van der Waals surface area contributed by atoms with Crippen LogP contribution in [0.4, 0.5) is 57.8 Å². The van der Waals surface area contributed by atoms with Gasteiger partial charge in [-0.25, -0.2) is 29.3 Å². The maximum atomic E-state index is 9.75. The number of nitrogens with zero attached hydrogens (tertiary/aromatic N) is 12. The zero-order chi connectivity index (χ0) is 42.8. The van der Waals surface area contributed by atoms with Crippen LogP contribution in [0.5, 0.6) is 0 Å². The molecule has 0 saturated heterocycles. The summed E-state index contributed by atoms with van der Waals surface area (Å²) in [6, 6.07) is 43.1. The first-order valence-corrected chi connectivity index (χ1v) is 17.7. The molecule has 1 radical (unpaired) electrons. The topological polar surface area (TPSA) is 119 Å². The van der Waals surface area contributed by atoms with Gasteiger partial charge in [-0.05, 0) is 72.8 Å². The number of benzene rings is 2. The second-order valence-corrected chi connectivity index (χ2v) is 11.9. The molecular weight excluding hydrogens is 862 g/mol. The van der Waals surface area contributed by atoms with Crippen molar-refractivity contribution in [3.8, 4) is 11.4 Å². The van der Waals surface area contributed by atoms with Crippen LogP contribution in [0.3, 0.4) is 0 Å². The SMILES string of the molecule is F[B-](F)(F)F.F[B-](F)(F)F.[Cu+2].c1ccc(-n2cc(CN(c3ccccn3)c3ccccn3)nn2)cc1.c1ccc(-n2cc(CN(c3ccccn3)c3ccccn3)nn2)cc1. The van der Waals surface area contributed by atoms with E-state index in [0.29, 0.717) is 13.1 Å². The summed E-state index contributed by atoms with van der Waals surface area (Å²) in [6.07, 6.45) is 10.9. The van der Waals surface area contributed by atoms with Crippen molar-refractivity contribution in [2.24, 2.45) is 0 Å². The number of hydrogen-bond donors (Lipinski definition) is 0. The molecule has 0 bridgehead atoms. The van der Waals surface area contributed by atoms with Gasteiger partial charge in [0.2, 0.25) is 0 Å². The van der Waals surface area contributed by atoms with E-state index in [1.54, 1.807) is 34.2 Å². The van der Waals surface area contributed by atoms with E-state index in [9.17, 15) is 34.5 Å². The molecule has 0 aliphatic carbocycles. The summed E-state index contributed by atoms with van der Waals surface area (Å²) in [5, 5.41) is 17.1. The number of hydrogen-bond acceptors (Lipinski definition) is 10. The molecule has 0 spiro atoms. The van der Waals surface area contributed by atoms with Gasteiger partial charge in [0.05, 0.1) is 36.9 Å². The molecule has 6 aromatic heterocycles. The molecular formula is C38H32B2CuF8N12. The number of rotatable bonds is 10. The average molecular weight is 894 g/mol. The summed E-state index contributed by atoms with van der Waals surface area (Å²) in [5.41, 5.74) is 3.62.